The molecule has 1 heterocycles. The first-order valence-electron chi connectivity index (χ1n) is 13.1. The van der Waals surface area contributed by atoms with E-state index in [2.05, 4.69) is 10.6 Å². The van der Waals surface area contributed by atoms with Crippen molar-refractivity contribution >= 4 is 29.5 Å². The molecule has 0 bridgehead atoms. The summed E-state index contributed by atoms with van der Waals surface area (Å²) in [7, 11) is 0. The second-order valence-electron chi connectivity index (χ2n) is 9.56. The standard InChI is InChI=1S/C30H31N5O6/c31-17-20-4-3-5-22(16-20)21-11-8-19(9-12-21)10-13-26(36)32-18-25(28(38)34-41)33-27(37)14-15-35-29(39)23-6-1-2-7-24(23)30(35)40/h1-9,11-12,16,25,41H,10,13-15,17-18,31H2,(H,32,36)(H,33,37)(H,34,38)/t25-/m0/s1. The van der Waals surface area contributed by atoms with Crippen LogP contribution in [-0.4, -0.2) is 58.8 Å². The molecule has 0 spiro atoms. The SMILES string of the molecule is NCc1cccc(-c2ccc(CCC(=O)NC[C@H](NC(=O)CCN3C(=O)c4ccccc4C3=O)C(=O)NO)cc2)c1. The van der Waals surface area contributed by atoms with Gasteiger partial charge >= 0.3 is 0 Å². The van der Waals surface area contributed by atoms with Crippen molar-refractivity contribution in [2.75, 3.05) is 13.1 Å². The molecule has 4 rings (SSSR count). The predicted molar refractivity (Wildman–Crippen MR) is 149 cm³/mol. The van der Waals surface area contributed by atoms with Crippen LogP contribution in [0.25, 0.3) is 11.1 Å². The molecule has 1 aliphatic heterocycles. The Morgan fingerprint density at radius 2 is 1.49 bits per heavy atom. The number of imide groups is 1. The van der Waals surface area contributed by atoms with E-state index in [1.54, 1.807) is 12.1 Å². The van der Waals surface area contributed by atoms with Gasteiger partial charge in [-0.05, 0) is 46.9 Å². The van der Waals surface area contributed by atoms with Crippen LogP contribution >= 0.6 is 0 Å². The number of carbonyl (C=O) groups is 5. The van der Waals surface area contributed by atoms with Gasteiger partial charge in [0.05, 0.1) is 11.1 Å². The maximum atomic E-state index is 12.5. The first-order chi connectivity index (χ1) is 19.8. The Bertz CT molecular complexity index is 1420. The van der Waals surface area contributed by atoms with Crippen LogP contribution in [0.3, 0.4) is 0 Å². The molecule has 0 saturated heterocycles. The normalized spacial score (nSPS) is 13.0. The Labute approximate surface area is 236 Å². The molecule has 3 aromatic carbocycles. The lowest BCUT2D eigenvalue weighted by atomic mass is 10.0. The fraction of sp³-hybridized carbons (Fsp3) is 0.233. The van der Waals surface area contributed by atoms with Gasteiger partial charge in [-0.1, -0.05) is 54.6 Å². The minimum Gasteiger partial charge on any atom is -0.353 e. The lowest BCUT2D eigenvalue weighted by Gasteiger charge is -2.19. The highest BCUT2D eigenvalue weighted by Crippen LogP contribution is 2.23. The van der Waals surface area contributed by atoms with Crippen molar-refractivity contribution in [3.8, 4) is 11.1 Å². The van der Waals surface area contributed by atoms with Gasteiger partial charge in [-0.2, -0.15) is 0 Å². The van der Waals surface area contributed by atoms with Gasteiger partial charge in [-0.25, -0.2) is 5.48 Å². The smallest absolute Gasteiger partial charge is 0.267 e. The van der Waals surface area contributed by atoms with Gasteiger partial charge in [-0.3, -0.25) is 34.1 Å². The molecule has 0 saturated carbocycles. The molecule has 5 amide bonds. The van der Waals surface area contributed by atoms with Crippen molar-refractivity contribution in [1.29, 1.82) is 0 Å². The molecule has 212 valence electrons. The maximum absolute atomic E-state index is 12.5. The van der Waals surface area contributed by atoms with Crippen molar-refractivity contribution in [3.63, 3.8) is 0 Å². The van der Waals surface area contributed by atoms with E-state index < -0.39 is 29.7 Å². The fourth-order valence-electron chi connectivity index (χ4n) is 4.51. The van der Waals surface area contributed by atoms with Crippen LogP contribution in [0.5, 0.6) is 0 Å². The van der Waals surface area contributed by atoms with Gasteiger partial charge < -0.3 is 16.4 Å². The maximum Gasteiger partial charge on any atom is 0.267 e. The fourth-order valence-corrected chi connectivity index (χ4v) is 4.51. The van der Waals surface area contributed by atoms with Gasteiger partial charge in [0.1, 0.15) is 6.04 Å². The Morgan fingerprint density at radius 3 is 2.12 bits per heavy atom. The van der Waals surface area contributed by atoms with Crippen molar-refractivity contribution in [1.82, 2.24) is 21.0 Å². The Hall–Kier alpha value is -4.87. The minimum absolute atomic E-state index is 0.142. The molecule has 3 aromatic rings. The van der Waals surface area contributed by atoms with E-state index in [0.717, 1.165) is 27.2 Å². The summed E-state index contributed by atoms with van der Waals surface area (Å²) in [6.07, 6.45) is 0.336. The summed E-state index contributed by atoms with van der Waals surface area (Å²) in [6, 6.07) is 20.9. The highest BCUT2D eigenvalue weighted by atomic mass is 16.5. The van der Waals surface area contributed by atoms with Crippen LogP contribution in [0.15, 0.2) is 72.8 Å². The van der Waals surface area contributed by atoms with Gasteiger partial charge in [0, 0.05) is 32.5 Å². The average molecular weight is 558 g/mol. The minimum atomic E-state index is -1.26. The summed E-state index contributed by atoms with van der Waals surface area (Å²) in [5.74, 6) is -2.90. The number of aryl methyl sites for hydroxylation is 1. The van der Waals surface area contributed by atoms with Crippen molar-refractivity contribution < 1.29 is 29.2 Å². The molecule has 1 atom stereocenters. The second kappa shape index (κ2) is 13.5. The molecule has 6 N–H and O–H groups in total. The average Bonchev–Trinajstić information content (AvgIpc) is 3.25. The van der Waals surface area contributed by atoms with Gasteiger partial charge in [-0.15, -0.1) is 0 Å². The molecule has 0 unspecified atom stereocenters. The van der Waals surface area contributed by atoms with Crippen molar-refractivity contribution in [2.45, 2.75) is 31.8 Å². The molecular formula is C30H31N5O6. The number of hydrogen-bond donors (Lipinski definition) is 5. The van der Waals surface area contributed by atoms with Gasteiger partial charge in [0.25, 0.3) is 17.7 Å². The third-order valence-corrected chi connectivity index (χ3v) is 6.80. The van der Waals surface area contributed by atoms with E-state index in [0.29, 0.717) is 13.0 Å². The molecule has 1 aliphatic rings. The number of fused-ring (bicyclic) bond motifs is 1. The third-order valence-electron chi connectivity index (χ3n) is 6.80. The summed E-state index contributed by atoms with van der Waals surface area (Å²) in [6.45, 7) is 0.0110. The van der Waals surface area contributed by atoms with E-state index in [1.165, 1.54) is 17.6 Å². The topological polar surface area (TPSA) is 171 Å². The highest BCUT2D eigenvalue weighted by molar-refractivity contribution is 6.21. The second-order valence-corrected chi connectivity index (χ2v) is 9.56. The van der Waals surface area contributed by atoms with Crippen LogP contribution < -0.4 is 21.8 Å². The number of benzene rings is 3. The Morgan fingerprint density at radius 1 is 0.805 bits per heavy atom. The number of hydroxylamine groups is 1. The zero-order chi connectivity index (χ0) is 29.4. The van der Waals surface area contributed by atoms with E-state index in [-0.39, 0.29) is 43.0 Å². The van der Waals surface area contributed by atoms with Crippen LogP contribution in [-0.2, 0) is 27.3 Å². The molecule has 0 radical (unpaired) electrons. The lowest BCUT2D eigenvalue weighted by Crippen LogP contribution is -2.52. The number of hydrogen-bond acceptors (Lipinski definition) is 7. The molecule has 41 heavy (non-hydrogen) atoms. The first-order valence-corrected chi connectivity index (χ1v) is 13.1. The molecule has 11 nitrogen and oxygen atoms in total. The number of carbonyl (C=O) groups excluding carboxylic acids is 5. The molecule has 11 heteroatoms. The summed E-state index contributed by atoms with van der Waals surface area (Å²) in [5.41, 5.74) is 11.8. The summed E-state index contributed by atoms with van der Waals surface area (Å²) in [5, 5.41) is 14.1. The Kier molecular flexibility index (Phi) is 9.56. The zero-order valence-corrected chi connectivity index (χ0v) is 22.3. The van der Waals surface area contributed by atoms with E-state index >= 15 is 0 Å². The summed E-state index contributed by atoms with van der Waals surface area (Å²) < 4.78 is 0. The monoisotopic (exact) mass is 557 g/mol. The zero-order valence-electron chi connectivity index (χ0n) is 22.3. The van der Waals surface area contributed by atoms with Crippen molar-refractivity contribution in [2.24, 2.45) is 5.73 Å². The van der Waals surface area contributed by atoms with Crippen molar-refractivity contribution in [3.05, 3.63) is 95.1 Å². The first kappa shape index (κ1) is 29.1. The molecule has 0 fully saturated rings. The highest BCUT2D eigenvalue weighted by Gasteiger charge is 2.35. The lowest BCUT2D eigenvalue weighted by molar-refractivity contribution is -0.135. The number of rotatable bonds is 12. The van der Waals surface area contributed by atoms with Gasteiger partial charge in [0.15, 0.2) is 0 Å². The van der Waals surface area contributed by atoms with Crippen LogP contribution in [0.1, 0.15) is 44.7 Å². The molecule has 0 aliphatic carbocycles. The number of nitrogens with zero attached hydrogens (tertiary/aromatic N) is 1. The number of nitrogens with one attached hydrogen (secondary N) is 3. The summed E-state index contributed by atoms with van der Waals surface area (Å²) in [4.78, 5) is 62.9. The van der Waals surface area contributed by atoms with Crippen LogP contribution in [0, 0.1) is 0 Å². The van der Waals surface area contributed by atoms with Crippen LogP contribution in [0.2, 0.25) is 0 Å². The number of nitrogens with two attached hydrogens (primary N) is 1. The van der Waals surface area contributed by atoms with E-state index in [1.807, 2.05) is 48.5 Å². The predicted octanol–water partition coefficient (Wildman–Crippen LogP) is 1.54. The summed E-state index contributed by atoms with van der Waals surface area (Å²) >= 11 is 0. The number of amides is 5. The largest absolute Gasteiger partial charge is 0.353 e. The Balaban J connectivity index is 1.24. The third kappa shape index (κ3) is 7.21. The quantitative estimate of drug-likeness (QED) is 0.128. The van der Waals surface area contributed by atoms with E-state index in [9.17, 15) is 24.0 Å². The van der Waals surface area contributed by atoms with Crippen LogP contribution in [0.4, 0.5) is 0 Å². The van der Waals surface area contributed by atoms with E-state index in [4.69, 9.17) is 10.9 Å². The van der Waals surface area contributed by atoms with Gasteiger partial charge in [0.2, 0.25) is 11.8 Å². The molecular weight excluding hydrogens is 526 g/mol. The molecule has 0 aromatic heterocycles.